The van der Waals surface area contributed by atoms with E-state index in [0.717, 1.165) is 24.8 Å². The fourth-order valence-corrected chi connectivity index (χ4v) is 5.58. The number of amides is 1. The molecule has 1 atom stereocenters. The number of fused-ring (bicyclic) bond motifs is 1. The van der Waals surface area contributed by atoms with Crippen molar-refractivity contribution in [3.05, 3.63) is 64.7 Å². The van der Waals surface area contributed by atoms with Crippen molar-refractivity contribution in [3.8, 4) is 0 Å². The summed E-state index contributed by atoms with van der Waals surface area (Å²) in [6.07, 6.45) is 2.94. The van der Waals surface area contributed by atoms with Crippen molar-refractivity contribution in [2.45, 2.75) is 51.0 Å². The number of sulfonamides is 1. The predicted octanol–water partition coefficient (Wildman–Crippen LogP) is 3.83. The minimum absolute atomic E-state index is 0.0402. The third-order valence-electron chi connectivity index (χ3n) is 5.45. The molecule has 0 fully saturated rings. The Labute approximate surface area is 167 Å². The monoisotopic (exact) mass is 400 g/mol. The topological polar surface area (TPSA) is 66.5 Å². The maximum atomic E-state index is 12.9. The quantitative estimate of drug-likeness (QED) is 0.801. The second kappa shape index (κ2) is 8.45. The number of aryl methyl sites for hydroxylation is 2. The molecule has 28 heavy (non-hydrogen) atoms. The van der Waals surface area contributed by atoms with Gasteiger partial charge in [-0.25, -0.2) is 8.42 Å². The Bertz CT molecular complexity index is 965. The zero-order valence-electron chi connectivity index (χ0n) is 16.7. The summed E-state index contributed by atoms with van der Waals surface area (Å²) in [4.78, 5) is 13.1. The fraction of sp³-hybridized carbons (Fsp3) is 0.409. The Morgan fingerprint density at radius 2 is 1.86 bits per heavy atom. The highest BCUT2D eigenvalue weighted by Crippen LogP contribution is 2.30. The largest absolute Gasteiger partial charge is 0.345 e. The second-order valence-corrected chi connectivity index (χ2v) is 9.09. The Hall–Kier alpha value is -2.18. The van der Waals surface area contributed by atoms with Crippen LogP contribution in [0.1, 0.15) is 59.8 Å². The number of rotatable bonds is 6. The third-order valence-corrected chi connectivity index (χ3v) is 7.64. The van der Waals surface area contributed by atoms with Gasteiger partial charge in [0, 0.05) is 18.7 Å². The lowest BCUT2D eigenvalue weighted by molar-refractivity contribution is 0.0932. The van der Waals surface area contributed by atoms with Crippen LogP contribution in [0.15, 0.2) is 47.4 Å². The molecular weight excluding hydrogens is 372 g/mol. The molecule has 0 radical (unpaired) electrons. The SMILES string of the molecule is CCN(CC)S(=O)(=O)c1cc(C(=O)N[C@@H]2CCCc3ccccc32)ccc1C. The average molecular weight is 401 g/mol. The van der Waals surface area contributed by atoms with Crippen molar-refractivity contribution in [1.29, 1.82) is 0 Å². The molecule has 0 saturated carbocycles. The first-order valence-corrected chi connectivity index (χ1v) is 11.3. The summed E-state index contributed by atoms with van der Waals surface area (Å²) in [5.41, 5.74) is 3.45. The second-order valence-electron chi connectivity index (χ2n) is 7.19. The molecule has 0 bridgehead atoms. The summed E-state index contributed by atoms with van der Waals surface area (Å²) in [7, 11) is -3.62. The highest BCUT2D eigenvalue weighted by Gasteiger charge is 2.26. The Kier molecular flexibility index (Phi) is 6.20. The number of hydrogen-bond donors (Lipinski definition) is 1. The van der Waals surface area contributed by atoms with Crippen molar-refractivity contribution < 1.29 is 13.2 Å². The van der Waals surface area contributed by atoms with Crippen LogP contribution in [0.4, 0.5) is 0 Å². The predicted molar refractivity (Wildman–Crippen MR) is 111 cm³/mol. The van der Waals surface area contributed by atoms with Crippen LogP contribution >= 0.6 is 0 Å². The molecule has 1 amide bonds. The summed E-state index contributed by atoms with van der Waals surface area (Å²) in [6.45, 7) is 6.18. The van der Waals surface area contributed by atoms with Gasteiger partial charge in [-0.15, -0.1) is 0 Å². The maximum Gasteiger partial charge on any atom is 0.251 e. The molecule has 1 aliphatic rings. The maximum absolute atomic E-state index is 12.9. The van der Waals surface area contributed by atoms with Gasteiger partial charge >= 0.3 is 0 Å². The summed E-state index contributed by atoms with van der Waals surface area (Å²) < 4.78 is 27.3. The van der Waals surface area contributed by atoms with Gasteiger partial charge in [-0.05, 0) is 55.0 Å². The van der Waals surface area contributed by atoms with Gasteiger partial charge in [-0.3, -0.25) is 4.79 Å². The molecule has 0 saturated heterocycles. The highest BCUT2D eigenvalue weighted by atomic mass is 32.2. The number of nitrogens with zero attached hydrogens (tertiary/aromatic N) is 1. The van der Waals surface area contributed by atoms with Crippen LogP contribution in [-0.4, -0.2) is 31.7 Å². The van der Waals surface area contributed by atoms with Crippen molar-refractivity contribution in [2.24, 2.45) is 0 Å². The Morgan fingerprint density at radius 3 is 2.57 bits per heavy atom. The summed E-state index contributed by atoms with van der Waals surface area (Å²) in [5, 5.41) is 3.10. The van der Waals surface area contributed by atoms with E-state index >= 15 is 0 Å². The molecule has 2 aromatic rings. The van der Waals surface area contributed by atoms with Gasteiger partial charge < -0.3 is 5.32 Å². The number of carbonyl (C=O) groups excluding carboxylic acids is 1. The summed E-state index contributed by atoms with van der Waals surface area (Å²) in [6, 6.07) is 13.0. The van der Waals surface area contributed by atoms with Crippen molar-refractivity contribution in [2.75, 3.05) is 13.1 Å². The molecule has 0 spiro atoms. The van der Waals surface area contributed by atoms with E-state index in [0.29, 0.717) is 24.2 Å². The van der Waals surface area contributed by atoms with Gasteiger partial charge in [-0.2, -0.15) is 4.31 Å². The molecule has 0 aromatic heterocycles. The van der Waals surface area contributed by atoms with Gasteiger partial charge in [0.2, 0.25) is 10.0 Å². The number of carbonyl (C=O) groups is 1. The zero-order valence-corrected chi connectivity index (χ0v) is 17.6. The molecule has 0 aliphatic heterocycles. The molecule has 5 nitrogen and oxygen atoms in total. The van der Waals surface area contributed by atoms with Crippen LogP contribution in [0.2, 0.25) is 0 Å². The third kappa shape index (κ3) is 3.98. The average Bonchev–Trinajstić information content (AvgIpc) is 2.69. The van der Waals surface area contributed by atoms with Gasteiger partial charge in [0.1, 0.15) is 0 Å². The standard InChI is InChI=1S/C22H28N2O3S/c1-4-24(5-2)28(26,27)21-15-18(14-13-16(21)3)22(25)23-20-12-8-10-17-9-6-7-11-19(17)20/h6-7,9,11,13-15,20H,4-5,8,10,12H2,1-3H3,(H,23,25)/t20-/m1/s1. The molecule has 1 aliphatic carbocycles. The van der Waals surface area contributed by atoms with E-state index in [-0.39, 0.29) is 16.8 Å². The van der Waals surface area contributed by atoms with E-state index in [1.54, 1.807) is 19.1 Å². The number of nitrogens with one attached hydrogen (secondary N) is 1. The first kappa shape index (κ1) is 20.6. The molecule has 3 rings (SSSR count). The minimum Gasteiger partial charge on any atom is -0.345 e. The van der Waals surface area contributed by atoms with Gasteiger partial charge in [0.05, 0.1) is 10.9 Å². The van der Waals surface area contributed by atoms with E-state index < -0.39 is 10.0 Å². The minimum atomic E-state index is -3.62. The number of benzene rings is 2. The fourth-order valence-electron chi connectivity index (χ4n) is 3.87. The number of hydrogen-bond acceptors (Lipinski definition) is 3. The van der Waals surface area contributed by atoms with Crippen molar-refractivity contribution in [3.63, 3.8) is 0 Å². The molecule has 1 N–H and O–H groups in total. The van der Waals surface area contributed by atoms with Gasteiger partial charge in [0.25, 0.3) is 5.91 Å². The van der Waals surface area contributed by atoms with Gasteiger partial charge in [-0.1, -0.05) is 44.2 Å². The first-order valence-electron chi connectivity index (χ1n) is 9.88. The molecule has 0 unspecified atom stereocenters. The van der Waals surface area contributed by atoms with Crippen LogP contribution in [-0.2, 0) is 16.4 Å². The molecule has 150 valence electrons. The lowest BCUT2D eigenvalue weighted by Crippen LogP contribution is -2.32. The molecule has 2 aromatic carbocycles. The van der Waals surface area contributed by atoms with Crippen LogP contribution in [0.25, 0.3) is 0 Å². The van der Waals surface area contributed by atoms with Crippen LogP contribution in [0, 0.1) is 6.92 Å². The Balaban J connectivity index is 1.88. The van der Waals surface area contributed by atoms with Crippen molar-refractivity contribution in [1.82, 2.24) is 9.62 Å². The zero-order chi connectivity index (χ0) is 20.3. The smallest absolute Gasteiger partial charge is 0.251 e. The van der Waals surface area contributed by atoms with E-state index in [1.807, 2.05) is 26.0 Å². The van der Waals surface area contributed by atoms with E-state index in [9.17, 15) is 13.2 Å². The first-order chi connectivity index (χ1) is 13.4. The molecule has 6 heteroatoms. The van der Waals surface area contributed by atoms with E-state index in [1.165, 1.54) is 15.9 Å². The normalized spacial score (nSPS) is 16.6. The summed E-state index contributed by atoms with van der Waals surface area (Å²) in [5.74, 6) is -0.238. The lowest BCUT2D eigenvalue weighted by Gasteiger charge is -2.26. The lowest BCUT2D eigenvalue weighted by atomic mass is 9.87. The van der Waals surface area contributed by atoms with Crippen LogP contribution < -0.4 is 5.32 Å². The molecular formula is C22H28N2O3S. The van der Waals surface area contributed by atoms with Gasteiger partial charge in [0.15, 0.2) is 0 Å². The highest BCUT2D eigenvalue weighted by molar-refractivity contribution is 7.89. The van der Waals surface area contributed by atoms with Crippen LogP contribution in [0.3, 0.4) is 0 Å². The Morgan fingerprint density at radius 1 is 1.14 bits per heavy atom. The molecule has 0 heterocycles. The van der Waals surface area contributed by atoms with Crippen LogP contribution in [0.5, 0.6) is 0 Å². The van der Waals surface area contributed by atoms with E-state index in [4.69, 9.17) is 0 Å². The summed E-state index contributed by atoms with van der Waals surface area (Å²) >= 11 is 0. The van der Waals surface area contributed by atoms with E-state index in [2.05, 4.69) is 17.4 Å². The van der Waals surface area contributed by atoms with Crippen molar-refractivity contribution >= 4 is 15.9 Å².